The summed E-state index contributed by atoms with van der Waals surface area (Å²) in [6.45, 7) is 10.2. The third-order valence-electron chi connectivity index (χ3n) is 4.19. The maximum absolute atomic E-state index is 12.1. The Kier molecular flexibility index (Phi) is 6.24. The SMILES string of the molecule is CCN(CC)c1ccc(NC(=O)COc2cccc(C)c2C)cc1. The number of benzene rings is 2. The Morgan fingerprint density at radius 1 is 1.04 bits per heavy atom. The number of nitrogens with one attached hydrogen (secondary N) is 1. The van der Waals surface area contributed by atoms with Gasteiger partial charge in [0.1, 0.15) is 5.75 Å². The smallest absolute Gasteiger partial charge is 0.262 e. The molecule has 0 fully saturated rings. The van der Waals surface area contributed by atoms with Gasteiger partial charge in [-0.2, -0.15) is 0 Å². The monoisotopic (exact) mass is 326 g/mol. The molecule has 4 nitrogen and oxygen atoms in total. The third-order valence-corrected chi connectivity index (χ3v) is 4.19. The Bertz CT molecular complexity index is 677. The predicted molar refractivity (Wildman–Crippen MR) is 100 cm³/mol. The summed E-state index contributed by atoms with van der Waals surface area (Å²) < 4.78 is 5.63. The molecule has 0 atom stereocenters. The topological polar surface area (TPSA) is 41.6 Å². The van der Waals surface area contributed by atoms with Gasteiger partial charge in [0.2, 0.25) is 0 Å². The quantitative estimate of drug-likeness (QED) is 0.830. The standard InChI is InChI=1S/C20H26N2O2/c1-5-22(6-2)18-12-10-17(11-13-18)21-20(23)14-24-19-9-7-8-15(3)16(19)4/h7-13H,5-6,14H2,1-4H3,(H,21,23). The minimum absolute atomic E-state index is 0.00207. The van der Waals surface area contributed by atoms with Crippen molar-refractivity contribution in [1.29, 1.82) is 0 Å². The number of rotatable bonds is 7. The van der Waals surface area contributed by atoms with E-state index in [0.29, 0.717) is 0 Å². The first kappa shape index (κ1) is 17.9. The number of amides is 1. The van der Waals surface area contributed by atoms with Crippen LogP contribution in [0.1, 0.15) is 25.0 Å². The van der Waals surface area contributed by atoms with Gasteiger partial charge in [-0.3, -0.25) is 4.79 Å². The molecule has 2 aromatic rings. The van der Waals surface area contributed by atoms with Gasteiger partial charge in [0.15, 0.2) is 6.61 Å². The summed E-state index contributed by atoms with van der Waals surface area (Å²) in [4.78, 5) is 14.3. The number of hydrogen-bond donors (Lipinski definition) is 1. The molecule has 0 saturated heterocycles. The highest BCUT2D eigenvalue weighted by Crippen LogP contribution is 2.21. The number of carbonyl (C=O) groups is 1. The van der Waals surface area contributed by atoms with Crippen LogP contribution in [0.2, 0.25) is 0 Å². The van der Waals surface area contributed by atoms with E-state index in [2.05, 4.69) is 24.1 Å². The summed E-state index contributed by atoms with van der Waals surface area (Å²) in [7, 11) is 0. The van der Waals surface area contributed by atoms with E-state index in [0.717, 1.165) is 41.3 Å². The molecule has 1 amide bonds. The number of anilines is 2. The molecule has 2 aromatic carbocycles. The summed E-state index contributed by atoms with van der Waals surface area (Å²) in [6.07, 6.45) is 0. The maximum atomic E-state index is 12.1. The molecule has 0 aliphatic heterocycles. The van der Waals surface area contributed by atoms with E-state index in [4.69, 9.17) is 4.74 Å². The normalized spacial score (nSPS) is 10.3. The van der Waals surface area contributed by atoms with E-state index < -0.39 is 0 Å². The zero-order valence-corrected chi connectivity index (χ0v) is 14.9. The van der Waals surface area contributed by atoms with Crippen molar-refractivity contribution in [2.24, 2.45) is 0 Å². The molecule has 0 bridgehead atoms. The van der Waals surface area contributed by atoms with Crippen LogP contribution in [0.15, 0.2) is 42.5 Å². The van der Waals surface area contributed by atoms with Crippen LogP contribution in [0.4, 0.5) is 11.4 Å². The van der Waals surface area contributed by atoms with Gasteiger partial charge in [-0.05, 0) is 69.2 Å². The number of carbonyl (C=O) groups excluding carboxylic acids is 1. The highest BCUT2D eigenvalue weighted by atomic mass is 16.5. The van der Waals surface area contributed by atoms with Crippen molar-refractivity contribution in [3.63, 3.8) is 0 Å². The average molecular weight is 326 g/mol. The van der Waals surface area contributed by atoms with Crippen LogP contribution in [-0.2, 0) is 4.79 Å². The van der Waals surface area contributed by atoms with Crippen LogP contribution < -0.4 is 15.0 Å². The van der Waals surface area contributed by atoms with Crippen molar-refractivity contribution in [2.75, 3.05) is 29.9 Å². The minimum atomic E-state index is -0.161. The fraction of sp³-hybridized carbons (Fsp3) is 0.350. The zero-order valence-electron chi connectivity index (χ0n) is 14.9. The van der Waals surface area contributed by atoms with Gasteiger partial charge in [0.05, 0.1) is 0 Å². The van der Waals surface area contributed by atoms with Crippen LogP contribution in [0, 0.1) is 13.8 Å². The van der Waals surface area contributed by atoms with Crippen LogP contribution in [0.25, 0.3) is 0 Å². The number of aryl methyl sites for hydroxylation is 1. The van der Waals surface area contributed by atoms with Crippen LogP contribution in [0.3, 0.4) is 0 Å². The molecule has 0 heterocycles. The molecule has 4 heteroatoms. The van der Waals surface area contributed by atoms with Gasteiger partial charge < -0.3 is 15.0 Å². The largest absolute Gasteiger partial charge is 0.483 e. The first-order chi connectivity index (χ1) is 11.5. The fourth-order valence-electron chi connectivity index (χ4n) is 2.57. The average Bonchev–Trinajstić information content (AvgIpc) is 2.59. The van der Waals surface area contributed by atoms with Crippen molar-refractivity contribution in [1.82, 2.24) is 0 Å². The predicted octanol–water partition coefficient (Wildman–Crippen LogP) is 4.17. The van der Waals surface area contributed by atoms with Gasteiger partial charge in [-0.25, -0.2) is 0 Å². The fourth-order valence-corrected chi connectivity index (χ4v) is 2.57. The Morgan fingerprint density at radius 3 is 2.33 bits per heavy atom. The minimum Gasteiger partial charge on any atom is -0.483 e. The molecule has 0 radical (unpaired) electrons. The van der Waals surface area contributed by atoms with Gasteiger partial charge >= 0.3 is 0 Å². The second-order valence-electron chi connectivity index (χ2n) is 5.75. The van der Waals surface area contributed by atoms with E-state index in [1.165, 1.54) is 0 Å². The summed E-state index contributed by atoms with van der Waals surface area (Å²) >= 11 is 0. The lowest BCUT2D eigenvalue weighted by molar-refractivity contribution is -0.118. The maximum Gasteiger partial charge on any atom is 0.262 e. The van der Waals surface area contributed by atoms with E-state index in [9.17, 15) is 4.79 Å². The molecule has 0 aliphatic rings. The molecule has 0 aliphatic carbocycles. The van der Waals surface area contributed by atoms with E-state index in [1.807, 2.05) is 56.3 Å². The van der Waals surface area contributed by atoms with Crippen LogP contribution >= 0.6 is 0 Å². The molecule has 0 aromatic heterocycles. The van der Waals surface area contributed by atoms with Crippen molar-refractivity contribution in [3.8, 4) is 5.75 Å². The summed E-state index contributed by atoms with van der Waals surface area (Å²) in [5.41, 5.74) is 4.15. The van der Waals surface area contributed by atoms with Crippen LogP contribution in [0.5, 0.6) is 5.75 Å². The molecule has 24 heavy (non-hydrogen) atoms. The van der Waals surface area contributed by atoms with Gasteiger partial charge in [0.25, 0.3) is 5.91 Å². The van der Waals surface area contributed by atoms with E-state index >= 15 is 0 Å². The van der Waals surface area contributed by atoms with E-state index in [-0.39, 0.29) is 12.5 Å². The first-order valence-corrected chi connectivity index (χ1v) is 8.39. The molecule has 128 valence electrons. The molecule has 2 rings (SSSR count). The van der Waals surface area contributed by atoms with Crippen molar-refractivity contribution in [3.05, 3.63) is 53.6 Å². The number of hydrogen-bond acceptors (Lipinski definition) is 3. The molecule has 0 saturated carbocycles. The van der Waals surface area contributed by atoms with Crippen molar-refractivity contribution >= 4 is 17.3 Å². The van der Waals surface area contributed by atoms with Gasteiger partial charge in [-0.1, -0.05) is 12.1 Å². The molecular weight excluding hydrogens is 300 g/mol. The second kappa shape index (κ2) is 8.39. The second-order valence-corrected chi connectivity index (χ2v) is 5.75. The highest BCUT2D eigenvalue weighted by molar-refractivity contribution is 5.92. The molecule has 1 N–H and O–H groups in total. The number of nitrogens with zero attached hydrogens (tertiary/aromatic N) is 1. The summed E-state index contributed by atoms with van der Waals surface area (Å²) in [5.74, 6) is 0.591. The Labute approximate surface area is 144 Å². The lowest BCUT2D eigenvalue weighted by Gasteiger charge is -2.21. The molecular formula is C20H26N2O2. The van der Waals surface area contributed by atoms with Gasteiger partial charge in [0, 0.05) is 24.5 Å². The number of ether oxygens (including phenoxy) is 1. The third kappa shape index (κ3) is 4.51. The van der Waals surface area contributed by atoms with Crippen LogP contribution in [-0.4, -0.2) is 25.6 Å². The Balaban J connectivity index is 1.91. The first-order valence-electron chi connectivity index (χ1n) is 8.39. The van der Waals surface area contributed by atoms with Crippen molar-refractivity contribution < 1.29 is 9.53 Å². The Hall–Kier alpha value is -2.49. The van der Waals surface area contributed by atoms with Gasteiger partial charge in [-0.15, -0.1) is 0 Å². The molecule has 0 unspecified atom stereocenters. The lowest BCUT2D eigenvalue weighted by atomic mass is 10.1. The Morgan fingerprint density at radius 2 is 1.71 bits per heavy atom. The highest BCUT2D eigenvalue weighted by Gasteiger charge is 2.07. The summed E-state index contributed by atoms with van der Waals surface area (Å²) in [6, 6.07) is 13.7. The molecule has 0 spiro atoms. The zero-order chi connectivity index (χ0) is 17.5. The van der Waals surface area contributed by atoms with Crippen molar-refractivity contribution in [2.45, 2.75) is 27.7 Å². The lowest BCUT2D eigenvalue weighted by Crippen LogP contribution is -2.22. The summed E-state index contributed by atoms with van der Waals surface area (Å²) in [5, 5.41) is 2.87. The van der Waals surface area contributed by atoms with E-state index in [1.54, 1.807) is 0 Å².